The summed E-state index contributed by atoms with van der Waals surface area (Å²) in [4.78, 5) is 12.3. The number of carbonyl (C=O) groups excluding carboxylic acids is 1. The second-order valence-corrected chi connectivity index (χ2v) is 6.93. The summed E-state index contributed by atoms with van der Waals surface area (Å²) in [6, 6.07) is 10.0. The molecule has 3 N–H and O–H groups in total. The van der Waals surface area contributed by atoms with Crippen LogP contribution in [0.15, 0.2) is 30.3 Å². The lowest BCUT2D eigenvalue weighted by Gasteiger charge is -2.39. The molecular weight excluding hydrogens is 260 g/mol. The molecule has 1 aromatic rings. The van der Waals surface area contributed by atoms with Crippen LogP contribution in [0.2, 0.25) is 0 Å². The van der Waals surface area contributed by atoms with Crippen LogP contribution in [0.25, 0.3) is 0 Å². The Kier molecular flexibility index (Phi) is 5.40. The maximum Gasteiger partial charge on any atom is 0.237 e. The molecule has 0 saturated heterocycles. The summed E-state index contributed by atoms with van der Waals surface area (Å²) in [6.45, 7) is 4.49. The summed E-state index contributed by atoms with van der Waals surface area (Å²) in [6.07, 6.45) is 6.26. The predicted octanol–water partition coefficient (Wildman–Crippen LogP) is 3.03. The van der Waals surface area contributed by atoms with Gasteiger partial charge in [-0.3, -0.25) is 4.79 Å². The van der Waals surface area contributed by atoms with Crippen molar-refractivity contribution in [2.24, 2.45) is 11.1 Å². The van der Waals surface area contributed by atoms with Gasteiger partial charge in [-0.15, -0.1) is 0 Å². The molecule has 0 aromatic heterocycles. The molecule has 1 saturated carbocycles. The van der Waals surface area contributed by atoms with E-state index >= 15 is 0 Å². The molecule has 1 aliphatic carbocycles. The van der Waals surface area contributed by atoms with Gasteiger partial charge in [0.05, 0.1) is 6.04 Å². The third-order valence-electron chi connectivity index (χ3n) is 4.75. The summed E-state index contributed by atoms with van der Waals surface area (Å²) in [5.41, 5.74) is 7.48. The molecule has 1 aliphatic rings. The molecule has 1 fully saturated rings. The van der Waals surface area contributed by atoms with Crippen molar-refractivity contribution in [3.8, 4) is 0 Å². The number of carbonyl (C=O) groups is 1. The van der Waals surface area contributed by atoms with Gasteiger partial charge in [0, 0.05) is 6.04 Å². The summed E-state index contributed by atoms with van der Waals surface area (Å²) >= 11 is 0. The summed E-state index contributed by atoms with van der Waals surface area (Å²) in [7, 11) is 0. The number of hydrogen-bond acceptors (Lipinski definition) is 2. The van der Waals surface area contributed by atoms with Crippen molar-refractivity contribution in [2.45, 2.75) is 64.5 Å². The Bertz CT molecular complexity index is 456. The van der Waals surface area contributed by atoms with E-state index in [4.69, 9.17) is 5.73 Å². The Hall–Kier alpha value is -1.35. The van der Waals surface area contributed by atoms with Gasteiger partial charge in [0.2, 0.25) is 5.91 Å². The summed E-state index contributed by atoms with van der Waals surface area (Å²) in [5.74, 6) is 0.00547. The molecule has 1 aromatic carbocycles. The minimum atomic E-state index is -0.414. The molecule has 1 amide bonds. The highest BCUT2D eigenvalue weighted by molar-refractivity contribution is 5.81. The third-order valence-corrected chi connectivity index (χ3v) is 4.75. The van der Waals surface area contributed by atoms with Crippen molar-refractivity contribution in [1.29, 1.82) is 0 Å². The Morgan fingerprint density at radius 1 is 1.33 bits per heavy atom. The van der Waals surface area contributed by atoms with Crippen molar-refractivity contribution in [1.82, 2.24) is 5.32 Å². The molecule has 3 heteroatoms. The first-order valence-corrected chi connectivity index (χ1v) is 8.09. The zero-order valence-electron chi connectivity index (χ0n) is 13.3. The number of hydrogen-bond donors (Lipinski definition) is 2. The first-order valence-electron chi connectivity index (χ1n) is 8.09. The van der Waals surface area contributed by atoms with Gasteiger partial charge in [0.1, 0.15) is 0 Å². The molecular formula is C18H28N2O. The van der Waals surface area contributed by atoms with Crippen molar-refractivity contribution >= 4 is 5.91 Å². The van der Waals surface area contributed by atoms with Crippen molar-refractivity contribution in [3.05, 3.63) is 35.9 Å². The summed E-state index contributed by atoms with van der Waals surface area (Å²) in [5, 5.41) is 3.18. The molecule has 0 bridgehead atoms. The number of nitrogens with two attached hydrogens (primary N) is 1. The molecule has 3 nitrogen and oxygen atoms in total. The van der Waals surface area contributed by atoms with Crippen LogP contribution in [0.1, 0.15) is 51.5 Å². The molecule has 2 atom stereocenters. The maximum absolute atomic E-state index is 12.3. The summed E-state index contributed by atoms with van der Waals surface area (Å²) < 4.78 is 0. The lowest BCUT2D eigenvalue weighted by atomic mass is 9.73. The first-order chi connectivity index (χ1) is 9.99. The average Bonchev–Trinajstić information content (AvgIpc) is 2.48. The maximum atomic E-state index is 12.3. The minimum Gasteiger partial charge on any atom is -0.351 e. The highest BCUT2D eigenvalue weighted by Gasteiger charge is 2.33. The molecule has 0 aliphatic heterocycles. The lowest BCUT2D eigenvalue weighted by Crippen LogP contribution is -2.51. The minimum absolute atomic E-state index is 0.00547. The van der Waals surface area contributed by atoms with Gasteiger partial charge in [0.15, 0.2) is 0 Å². The van der Waals surface area contributed by atoms with E-state index in [1.54, 1.807) is 0 Å². The van der Waals surface area contributed by atoms with Crippen LogP contribution in [0, 0.1) is 5.41 Å². The molecule has 0 heterocycles. The van der Waals surface area contributed by atoms with Crippen molar-refractivity contribution < 1.29 is 4.79 Å². The third kappa shape index (κ3) is 4.57. The van der Waals surface area contributed by atoms with E-state index in [1.807, 2.05) is 18.2 Å². The number of aryl methyl sites for hydroxylation is 1. The molecule has 21 heavy (non-hydrogen) atoms. The van der Waals surface area contributed by atoms with Crippen LogP contribution in [-0.2, 0) is 11.2 Å². The standard InChI is InChI=1S/C18H28N2O/c1-18(2)13-7-6-10-16(18)20-17(21)15(19)12-11-14-8-4-3-5-9-14/h3-5,8-9,15-16H,6-7,10-13,19H2,1-2H3,(H,20,21)/t15-,16?/m0/s1. The van der Waals surface area contributed by atoms with Gasteiger partial charge in [-0.25, -0.2) is 0 Å². The van der Waals surface area contributed by atoms with Gasteiger partial charge >= 0.3 is 0 Å². The van der Waals surface area contributed by atoms with E-state index in [9.17, 15) is 4.79 Å². The zero-order valence-corrected chi connectivity index (χ0v) is 13.3. The van der Waals surface area contributed by atoms with Crippen molar-refractivity contribution in [3.63, 3.8) is 0 Å². The monoisotopic (exact) mass is 288 g/mol. The number of benzene rings is 1. The molecule has 0 spiro atoms. The molecule has 116 valence electrons. The van der Waals surface area contributed by atoms with Gasteiger partial charge in [-0.2, -0.15) is 0 Å². The molecule has 1 unspecified atom stereocenters. The topological polar surface area (TPSA) is 55.1 Å². The molecule has 0 radical (unpaired) electrons. The largest absolute Gasteiger partial charge is 0.351 e. The van der Waals surface area contributed by atoms with E-state index in [0.29, 0.717) is 6.42 Å². The van der Waals surface area contributed by atoms with E-state index in [-0.39, 0.29) is 17.4 Å². The highest BCUT2D eigenvalue weighted by Crippen LogP contribution is 2.35. The number of rotatable bonds is 5. The van der Waals surface area contributed by atoms with E-state index in [2.05, 4.69) is 31.3 Å². The van der Waals surface area contributed by atoms with Gasteiger partial charge in [0.25, 0.3) is 0 Å². The second-order valence-electron chi connectivity index (χ2n) is 6.93. The van der Waals surface area contributed by atoms with Gasteiger partial charge < -0.3 is 11.1 Å². The zero-order chi connectivity index (χ0) is 15.3. The Morgan fingerprint density at radius 2 is 2.05 bits per heavy atom. The molecule has 2 rings (SSSR count). The predicted molar refractivity (Wildman–Crippen MR) is 86.9 cm³/mol. The van der Waals surface area contributed by atoms with E-state index in [0.717, 1.165) is 12.8 Å². The van der Waals surface area contributed by atoms with Crippen LogP contribution in [0.4, 0.5) is 0 Å². The number of nitrogens with one attached hydrogen (secondary N) is 1. The quantitative estimate of drug-likeness (QED) is 0.875. The van der Waals surface area contributed by atoms with Crippen LogP contribution in [0.3, 0.4) is 0 Å². The normalized spacial score (nSPS) is 22.5. The van der Waals surface area contributed by atoms with Crippen LogP contribution >= 0.6 is 0 Å². The fourth-order valence-corrected chi connectivity index (χ4v) is 3.14. The van der Waals surface area contributed by atoms with E-state index < -0.39 is 6.04 Å². The Balaban J connectivity index is 1.82. The lowest BCUT2D eigenvalue weighted by molar-refractivity contribution is -0.124. The Labute approximate surface area is 128 Å². The SMILES string of the molecule is CC1(C)CCCCC1NC(=O)[C@@H](N)CCc1ccccc1. The Morgan fingerprint density at radius 3 is 2.71 bits per heavy atom. The highest BCUT2D eigenvalue weighted by atomic mass is 16.2. The van der Waals surface area contributed by atoms with Crippen molar-refractivity contribution in [2.75, 3.05) is 0 Å². The van der Waals surface area contributed by atoms with E-state index in [1.165, 1.54) is 24.8 Å². The van der Waals surface area contributed by atoms with Gasteiger partial charge in [-0.1, -0.05) is 57.0 Å². The number of amides is 1. The van der Waals surface area contributed by atoms with Crippen LogP contribution in [0.5, 0.6) is 0 Å². The fraction of sp³-hybridized carbons (Fsp3) is 0.611. The fourth-order valence-electron chi connectivity index (χ4n) is 3.14. The smallest absolute Gasteiger partial charge is 0.237 e. The van der Waals surface area contributed by atoms with Gasteiger partial charge in [-0.05, 0) is 36.7 Å². The second kappa shape index (κ2) is 7.08. The first kappa shape index (κ1) is 16.0. The van der Waals surface area contributed by atoms with Crippen LogP contribution < -0.4 is 11.1 Å². The van der Waals surface area contributed by atoms with Crippen LogP contribution in [-0.4, -0.2) is 18.0 Å². The average molecular weight is 288 g/mol.